The summed E-state index contributed by atoms with van der Waals surface area (Å²) in [6, 6.07) is 8.08. The van der Waals surface area contributed by atoms with E-state index in [1.54, 1.807) is 0 Å². The molecule has 2 unspecified atom stereocenters. The minimum atomic E-state index is -0.00751. The summed E-state index contributed by atoms with van der Waals surface area (Å²) < 4.78 is 5.53. The molecule has 2 atom stereocenters. The van der Waals surface area contributed by atoms with Crippen LogP contribution in [0.4, 0.5) is 6.01 Å². The molecule has 1 aromatic heterocycles. The topological polar surface area (TPSA) is 63.0 Å². The Morgan fingerprint density at radius 3 is 2.58 bits per heavy atom. The monoisotopic (exact) mass is 280 g/mol. The third kappa shape index (κ3) is 3.24. The molecule has 0 aliphatic rings. The third-order valence-electron chi connectivity index (χ3n) is 2.96. The second-order valence-electron chi connectivity index (χ2n) is 4.34. The SMILES string of the molecule is CNC(C)c1nnc(NC(C)c2ccccc2Cl)o1. The van der Waals surface area contributed by atoms with Crippen LogP contribution in [0.25, 0.3) is 0 Å². The van der Waals surface area contributed by atoms with E-state index in [1.165, 1.54) is 0 Å². The van der Waals surface area contributed by atoms with E-state index in [0.29, 0.717) is 16.9 Å². The van der Waals surface area contributed by atoms with Crippen LogP contribution < -0.4 is 10.6 Å². The van der Waals surface area contributed by atoms with E-state index in [2.05, 4.69) is 20.8 Å². The molecule has 0 aliphatic carbocycles. The van der Waals surface area contributed by atoms with Crippen LogP contribution in [-0.2, 0) is 0 Å². The zero-order valence-corrected chi connectivity index (χ0v) is 11.9. The highest BCUT2D eigenvalue weighted by Crippen LogP contribution is 2.25. The Balaban J connectivity index is 2.09. The first-order chi connectivity index (χ1) is 9.11. The van der Waals surface area contributed by atoms with Gasteiger partial charge in [-0.3, -0.25) is 0 Å². The zero-order chi connectivity index (χ0) is 13.8. The van der Waals surface area contributed by atoms with Crippen molar-refractivity contribution in [1.29, 1.82) is 0 Å². The second-order valence-corrected chi connectivity index (χ2v) is 4.75. The lowest BCUT2D eigenvalue weighted by molar-refractivity contribution is 0.439. The van der Waals surface area contributed by atoms with Crippen LogP contribution in [0.5, 0.6) is 0 Å². The van der Waals surface area contributed by atoms with Crippen LogP contribution in [0.15, 0.2) is 28.7 Å². The lowest BCUT2D eigenvalue weighted by atomic mass is 10.1. The summed E-state index contributed by atoms with van der Waals surface area (Å²) in [7, 11) is 1.84. The average molecular weight is 281 g/mol. The van der Waals surface area contributed by atoms with Gasteiger partial charge in [-0.1, -0.05) is 34.9 Å². The van der Waals surface area contributed by atoms with Crippen LogP contribution in [0, 0.1) is 0 Å². The second kappa shape index (κ2) is 6.04. The molecule has 0 fully saturated rings. The maximum absolute atomic E-state index is 6.15. The molecule has 19 heavy (non-hydrogen) atoms. The van der Waals surface area contributed by atoms with Gasteiger partial charge in [0.25, 0.3) is 0 Å². The van der Waals surface area contributed by atoms with Gasteiger partial charge in [0, 0.05) is 5.02 Å². The van der Waals surface area contributed by atoms with E-state index in [-0.39, 0.29) is 12.1 Å². The molecule has 0 bridgehead atoms. The molecule has 5 nitrogen and oxygen atoms in total. The van der Waals surface area contributed by atoms with Gasteiger partial charge in [0.15, 0.2) is 0 Å². The van der Waals surface area contributed by atoms with Gasteiger partial charge < -0.3 is 15.1 Å². The normalized spacial score (nSPS) is 14.1. The molecule has 1 heterocycles. The summed E-state index contributed by atoms with van der Waals surface area (Å²) in [6.45, 7) is 3.95. The number of halogens is 1. The van der Waals surface area contributed by atoms with Gasteiger partial charge in [0.1, 0.15) is 0 Å². The van der Waals surface area contributed by atoms with Crippen molar-refractivity contribution in [3.63, 3.8) is 0 Å². The first kappa shape index (κ1) is 13.8. The molecule has 2 aromatic rings. The largest absolute Gasteiger partial charge is 0.406 e. The lowest BCUT2D eigenvalue weighted by Crippen LogP contribution is -2.12. The molecular formula is C13H17ClN4O. The van der Waals surface area contributed by atoms with Crippen molar-refractivity contribution in [3.05, 3.63) is 40.7 Å². The molecule has 6 heteroatoms. The quantitative estimate of drug-likeness (QED) is 0.881. The molecule has 102 valence electrons. The first-order valence-corrected chi connectivity index (χ1v) is 6.51. The smallest absolute Gasteiger partial charge is 0.316 e. The van der Waals surface area contributed by atoms with E-state index >= 15 is 0 Å². The predicted octanol–water partition coefficient (Wildman–Crippen LogP) is 3.18. The zero-order valence-electron chi connectivity index (χ0n) is 11.1. The Bertz CT molecular complexity index is 543. The highest BCUT2D eigenvalue weighted by Gasteiger charge is 2.15. The van der Waals surface area contributed by atoms with Crippen LogP contribution >= 0.6 is 11.6 Å². The van der Waals surface area contributed by atoms with Crippen molar-refractivity contribution in [1.82, 2.24) is 15.5 Å². The van der Waals surface area contributed by atoms with E-state index in [1.807, 2.05) is 45.2 Å². The molecule has 0 saturated heterocycles. The number of hydrogen-bond donors (Lipinski definition) is 2. The van der Waals surface area contributed by atoms with E-state index in [0.717, 1.165) is 5.56 Å². The number of nitrogens with one attached hydrogen (secondary N) is 2. The average Bonchev–Trinajstić information content (AvgIpc) is 2.86. The Hall–Kier alpha value is -1.59. The Morgan fingerprint density at radius 1 is 1.16 bits per heavy atom. The number of rotatable bonds is 5. The number of hydrogen-bond acceptors (Lipinski definition) is 5. The molecule has 0 spiro atoms. The molecule has 0 saturated carbocycles. The maximum Gasteiger partial charge on any atom is 0.316 e. The molecule has 2 rings (SSSR count). The highest BCUT2D eigenvalue weighted by molar-refractivity contribution is 6.31. The molecule has 1 aromatic carbocycles. The van der Waals surface area contributed by atoms with Crippen molar-refractivity contribution in [2.45, 2.75) is 25.9 Å². The van der Waals surface area contributed by atoms with Crippen LogP contribution in [-0.4, -0.2) is 17.2 Å². The van der Waals surface area contributed by atoms with Gasteiger partial charge in [-0.2, -0.15) is 0 Å². The summed E-state index contributed by atoms with van der Waals surface area (Å²) in [5.41, 5.74) is 0.991. The fourth-order valence-corrected chi connectivity index (χ4v) is 1.98. The van der Waals surface area contributed by atoms with E-state index < -0.39 is 0 Å². The van der Waals surface area contributed by atoms with Gasteiger partial charge >= 0.3 is 6.01 Å². The Kier molecular flexibility index (Phi) is 4.39. The molecule has 0 aliphatic heterocycles. The third-order valence-corrected chi connectivity index (χ3v) is 3.30. The van der Waals surface area contributed by atoms with Gasteiger partial charge in [-0.05, 0) is 32.5 Å². The Labute approximate surface area is 117 Å². The summed E-state index contributed by atoms with van der Waals surface area (Å²) >= 11 is 6.15. The van der Waals surface area contributed by atoms with Crippen molar-refractivity contribution in [2.24, 2.45) is 0 Å². The predicted molar refractivity (Wildman–Crippen MR) is 75.3 cm³/mol. The molecule has 0 radical (unpaired) electrons. The highest BCUT2D eigenvalue weighted by atomic mass is 35.5. The standard InChI is InChI=1S/C13H17ClN4O/c1-8(10-6-4-5-7-11(10)14)16-13-18-17-12(19-13)9(2)15-3/h4-9,15H,1-3H3,(H,16,18). The van der Waals surface area contributed by atoms with Crippen molar-refractivity contribution in [2.75, 3.05) is 12.4 Å². The van der Waals surface area contributed by atoms with E-state index in [4.69, 9.17) is 16.0 Å². The lowest BCUT2D eigenvalue weighted by Gasteiger charge is -2.13. The van der Waals surface area contributed by atoms with Crippen LogP contribution in [0.1, 0.15) is 37.4 Å². The first-order valence-electron chi connectivity index (χ1n) is 6.13. The minimum absolute atomic E-state index is 0.00751. The van der Waals surface area contributed by atoms with Gasteiger partial charge in [-0.25, -0.2) is 0 Å². The number of benzene rings is 1. The van der Waals surface area contributed by atoms with Gasteiger partial charge in [0.2, 0.25) is 5.89 Å². The Morgan fingerprint density at radius 2 is 1.89 bits per heavy atom. The van der Waals surface area contributed by atoms with Crippen molar-refractivity contribution < 1.29 is 4.42 Å². The summed E-state index contributed by atoms with van der Waals surface area (Å²) in [5, 5.41) is 14.9. The molecule has 2 N–H and O–H groups in total. The van der Waals surface area contributed by atoms with Gasteiger partial charge in [0.05, 0.1) is 12.1 Å². The fraction of sp³-hybridized carbons (Fsp3) is 0.385. The molecule has 0 amide bonds. The molecular weight excluding hydrogens is 264 g/mol. The van der Waals surface area contributed by atoms with Crippen molar-refractivity contribution in [3.8, 4) is 0 Å². The number of aromatic nitrogens is 2. The summed E-state index contributed by atoms with van der Waals surface area (Å²) in [6.07, 6.45) is 0. The van der Waals surface area contributed by atoms with Crippen LogP contribution in [0.2, 0.25) is 5.02 Å². The van der Waals surface area contributed by atoms with Crippen molar-refractivity contribution >= 4 is 17.6 Å². The number of nitrogens with zero attached hydrogens (tertiary/aromatic N) is 2. The van der Waals surface area contributed by atoms with Crippen LogP contribution in [0.3, 0.4) is 0 Å². The summed E-state index contributed by atoms with van der Waals surface area (Å²) in [5.74, 6) is 0.552. The van der Waals surface area contributed by atoms with E-state index in [9.17, 15) is 0 Å². The summed E-state index contributed by atoms with van der Waals surface area (Å²) in [4.78, 5) is 0. The minimum Gasteiger partial charge on any atom is -0.406 e. The van der Waals surface area contributed by atoms with Gasteiger partial charge in [-0.15, -0.1) is 5.10 Å². The fourth-order valence-electron chi connectivity index (χ4n) is 1.68. The maximum atomic E-state index is 6.15. The number of anilines is 1.